The molecule has 2 aromatic heterocycles. The highest BCUT2D eigenvalue weighted by molar-refractivity contribution is 5.90. The maximum Gasteiger partial charge on any atom is 0.291 e. The lowest BCUT2D eigenvalue weighted by molar-refractivity contribution is 0.0720. The number of pyridine rings is 1. The molecule has 0 aliphatic carbocycles. The molecule has 4 heterocycles. The monoisotopic (exact) mass is 298 g/mol. The van der Waals surface area contributed by atoms with Crippen LogP contribution in [-0.2, 0) is 13.6 Å². The van der Waals surface area contributed by atoms with Crippen LogP contribution in [-0.4, -0.2) is 49.7 Å². The highest BCUT2D eigenvalue weighted by Gasteiger charge is 2.34. The van der Waals surface area contributed by atoms with E-state index in [9.17, 15) is 4.79 Å². The third-order valence-corrected chi connectivity index (χ3v) is 4.50. The first kappa shape index (κ1) is 13.2. The molecule has 7 nitrogen and oxygen atoms in total. The molecule has 2 aromatic rings. The number of aromatic nitrogens is 4. The lowest BCUT2D eigenvalue weighted by atomic mass is 10.2. The van der Waals surface area contributed by atoms with Crippen molar-refractivity contribution in [2.24, 2.45) is 7.05 Å². The standard InChI is InChI=1S/C15H18N6O/c1-19-14(17-10-18-19)15(22)20-8-11-4-2-6-16-13(11)21-7-3-5-12(21)9-20/h2,4,6,10,12H,3,5,7-9H2,1H3/t12-/m1/s1. The molecule has 1 saturated heterocycles. The van der Waals surface area contributed by atoms with E-state index in [4.69, 9.17) is 0 Å². The Morgan fingerprint density at radius 1 is 1.36 bits per heavy atom. The molecule has 0 spiro atoms. The summed E-state index contributed by atoms with van der Waals surface area (Å²) in [4.78, 5) is 25.7. The van der Waals surface area contributed by atoms with Crippen molar-refractivity contribution in [1.29, 1.82) is 0 Å². The first-order chi connectivity index (χ1) is 10.7. The predicted molar refractivity (Wildman–Crippen MR) is 80.3 cm³/mol. The summed E-state index contributed by atoms with van der Waals surface area (Å²) in [6.07, 6.45) is 5.49. The summed E-state index contributed by atoms with van der Waals surface area (Å²) in [6, 6.07) is 4.33. The fourth-order valence-electron chi connectivity index (χ4n) is 3.43. The molecule has 0 radical (unpaired) electrons. The zero-order valence-corrected chi connectivity index (χ0v) is 12.5. The number of rotatable bonds is 1. The Morgan fingerprint density at radius 3 is 3.09 bits per heavy atom. The minimum absolute atomic E-state index is 0.0662. The Morgan fingerprint density at radius 2 is 2.27 bits per heavy atom. The number of aryl methyl sites for hydroxylation is 1. The van der Waals surface area contributed by atoms with Gasteiger partial charge in [-0.25, -0.2) is 14.6 Å². The van der Waals surface area contributed by atoms with Crippen LogP contribution in [0, 0.1) is 0 Å². The highest BCUT2D eigenvalue weighted by Crippen LogP contribution is 2.31. The molecule has 2 aliphatic heterocycles. The fourth-order valence-corrected chi connectivity index (χ4v) is 3.43. The van der Waals surface area contributed by atoms with E-state index >= 15 is 0 Å². The molecule has 1 amide bonds. The lowest BCUT2D eigenvalue weighted by Gasteiger charge is -2.26. The second-order valence-corrected chi connectivity index (χ2v) is 5.87. The van der Waals surface area contributed by atoms with Crippen LogP contribution in [0.4, 0.5) is 5.82 Å². The zero-order chi connectivity index (χ0) is 15.1. The van der Waals surface area contributed by atoms with Gasteiger partial charge in [0, 0.05) is 44.5 Å². The van der Waals surface area contributed by atoms with E-state index in [1.165, 1.54) is 11.0 Å². The normalized spacial score (nSPS) is 20.5. The molecule has 4 rings (SSSR count). The second kappa shape index (κ2) is 5.08. The average molecular weight is 298 g/mol. The van der Waals surface area contributed by atoms with Gasteiger partial charge in [-0.15, -0.1) is 0 Å². The van der Waals surface area contributed by atoms with E-state index in [0.29, 0.717) is 25.0 Å². The van der Waals surface area contributed by atoms with Gasteiger partial charge < -0.3 is 9.80 Å². The van der Waals surface area contributed by atoms with Gasteiger partial charge in [0.05, 0.1) is 0 Å². The molecule has 22 heavy (non-hydrogen) atoms. The van der Waals surface area contributed by atoms with Gasteiger partial charge >= 0.3 is 0 Å². The van der Waals surface area contributed by atoms with Crippen molar-refractivity contribution in [2.45, 2.75) is 25.4 Å². The maximum atomic E-state index is 12.8. The number of hydrogen-bond donors (Lipinski definition) is 0. The van der Waals surface area contributed by atoms with Crippen molar-refractivity contribution in [3.63, 3.8) is 0 Å². The van der Waals surface area contributed by atoms with Crippen LogP contribution in [0.5, 0.6) is 0 Å². The fraction of sp³-hybridized carbons (Fsp3) is 0.467. The summed E-state index contributed by atoms with van der Waals surface area (Å²) in [5.41, 5.74) is 1.10. The van der Waals surface area contributed by atoms with Crippen LogP contribution in [0.1, 0.15) is 29.0 Å². The molecule has 0 aromatic carbocycles. The summed E-state index contributed by atoms with van der Waals surface area (Å²) in [5.74, 6) is 1.35. The Kier molecular flexibility index (Phi) is 3.06. The summed E-state index contributed by atoms with van der Waals surface area (Å²) < 4.78 is 1.53. The SMILES string of the molecule is Cn1ncnc1C(=O)N1Cc2cccnc2N2CCC[C@@H]2C1. The number of hydrogen-bond acceptors (Lipinski definition) is 5. The van der Waals surface area contributed by atoms with Crippen LogP contribution >= 0.6 is 0 Å². The third-order valence-electron chi connectivity index (χ3n) is 4.50. The molecule has 1 fully saturated rings. The van der Waals surface area contributed by atoms with Gasteiger partial charge in [0.2, 0.25) is 5.82 Å². The summed E-state index contributed by atoms with van der Waals surface area (Å²) in [5, 5.41) is 4.00. The molecule has 7 heteroatoms. The van der Waals surface area contributed by atoms with E-state index < -0.39 is 0 Å². The number of anilines is 1. The topological polar surface area (TPSA) is 67.2 Å². The molecular weight excluding hydrogens is 280 g/mol. The molecule has 0 unspecified atom stereocenters. The molecular formula is C15H18N6O. The Balaban J connectivity index is 1.71. The van der Waals surface area contributed by atoms with E-state index in [2.05, 4.69) is 26.0 Å². The van der Waals surface area contributed by atoms with E-state index in [1.54, 1.807) is 7.05 Å². The molecule has 2 aliphatic rings. The molecule has 114 valence electrons. The molecule has 0 bridgehead atoms. The van der Waals surface area contributed by atoms with Gasteiger partial charge in [-0.1, -0.05) is 6.07 Å². The third kappa shape index (κ3) is 2.04. The van der Waals surface area contributed by atoms with Crippen LogP contribution in [0.2, 0.25) is 0 Å². The first-order valence-electron chi connectivity index (χ1n) is 7.58. The Labute approximate surface area is 128 Å². The zero-order valence-electron chi connectivity index (χ0n) is 12.5. The van der Waals surface area contributed by atoms with Gasteiger partial charge in [0.15, 0.2) is 0 Å². The average Bonchev–Trinajstić information content (AvgIpc) is 3.12. The van der Waals surface area contributed by atoms with Crippen LogP contribution in [0.3, 0.4) is 0 Å². The van der Waals surface area contributed by atoms with Gasteiger partial charge in [-0.3, -0.25) is 4.79 Å². The Hall–Kier alpha value is -2.44. The van der Waals surface area contributed by atoms with Crippen molar-refractivity contribution in [2.75, 3.05) is 18.0 Å². The molecule has 1 atom stereocenters. The largest absolute Gasteiger partial charge is 0.352 e. The van der Waals surface area contributed by atoms with Gasteiger partial charge in [-0.2, -0.15) is 5.10 Å². The number of nitrogens with zero attached hydrogens (tertiary/aromatic N) is 6. The summed E-state index contributed by atoms with van der Waals surface area (Å²) >= 11 is 0. The quantitative estimate of drug-likeness (QED) is 0.780. The van der Waals surface area contributed by atoms with E-state index in [-0.39, 0.29) is 5.91 Å². The van der Waals surface area contributed by atoms with Crippen LogP contribution in [0.15, 0.2) is 24.7 Å². The van der Waals surface area contributed by atoms with Crippen molar-refractivity contribution in [3.8, 4) is 0 Å². The van der Waals surface area contributed by atoms with Gasteiger partial charge in [0.1, 0.15) is 12.1 Å². The maximum absolute atomic E-state index is 12.8. The van der Waals surface area contributed by atoms with Gasteiger partial charge in [-0.05, 0) is 18.9 Å². The van der Waals surface area contributed by atoms with Crippen molar-refractivity contribution < 1.29 is 4.79 Å². The van der Waals surface area contributed by atoms with Crippen molar-refractivity contribution >= 4 is 11.7 Å². The number of carbonyl (C=O) groups is 1. The number of carbonyl (C=O) groups excluding carboxylic acids is 1. The summed E-state index contributed by atoms with van der Waals surface area (Å²) in [7, 11) is 1.75. The number of amides is 1. The minimum atomic E-state index is -0.0662. The smallest absolute Gasteiger partial charge is 0.291 e. The lowest BCUT2D eigenvalue weighted by Crippen LogP contribution is -2.41. The second-order valence-electron chi connectivity index (χ2n) is 5.87. The number of fused-ring (bicyclic) bond motifs is 3. The van der Waals surface area contributed by atoms with Crippen molar-refractivity contribution in [1.82, 2.24) is 24.6 Å². The highest BCUT2D eigenvalue weighted by atomic mass is 16.2. The molecule has 0 N–H and O–H groups in total. The van der Waals surface area contributed by atoms with Crippen molar-refractivity contribution in [3.05, 3.63) is 36.0 Å². The Bertz CT molecular complexity index is 712. The minimum Gasteiger partial charge on any atom is -0.352 e. The summed E-state index contributed by atoms with van der Waals surface area (Å²) in [6.45, 7) is 2.30. The molecule has 0 saturated carbocycles. The van der Waals surface area contributed by atoms with Crippen LogP contribution in [0.25, 0.3) is 0 Å². The first-order valence-corrected chi connectivity index (χ1v) is 7.58. The predicted octanol–water partition coefficient (Wildman–Crippen LogP) is 0.835. The van der Waals surface area contributed by atoms with E-state index in [0.717, 1.165) is 30.8 Å². The van der Waals surface area contributed by atoms with E-state index in [1.807, 2.05) is 17.2 Å². The van der Waals surface area contributed by atoms with Gasteiger partial charge in [0.25, 0.3) is 5.91 Å². The van der Waals surface area contributed by atoms with Crippen LogP contribution < -0.4 is 4.90 Å².